The van der Waals surface area contributed by atoms with Crippen LogP contribution in [0, 0.1) is 0 Å². The van der Waals surface area contributed by atoms with Crippen molar-refractivity contribution in [2.24, 2.45) is 10.7 Å². The molecule has 0 radical (unpaired) electrons. The molecular weight excluding hydrogens is 458 g/mol. The maximum atomic E-state index is 5.53. The fourth-order valence-electron chi connectivity index (χ4n) is 4.39. The Morgan fingerprint density at radius 2 is 1.46 bits per heavy atom. The zero-order valence-electron chi connectivity index (χ0n) is 20.9. The summed E-state index contributed by atoms with van der Waals surface area (Å²) >= 11 is 0. The van der Waals surface area contributed by atoms with E-state index in [-0.39, 0.29) is 0 Å². The predicted octanol–water partition coefficient (Wildman–Crippen LogP) is 3.91. The molecule has 0 spiro atoms. The Morgan fingerprint density at radius 1 is 0.757 bits per heavy atom. The van der Waals surface area contributed by atoms with Gasteiger partial charge in [-0.3, -0.25) is 4.99 Å². The van der Waals surface area contributed by atoms with Gasteiger partial charge in [-0.2, -0.15) is 0 Å². The Morgan fingerprint density at radius 3 is 2.24 bits per heavy atom. The molecule has 3 aromatic carbocycles. The highest BCUT2D eigenvalue weighted by molar-refractivity contribution is 5.84. The van der Waals surface area contributed by atoms with Crippen molar-refractivity contribution in [1.82, 2.24) is 20.2 Å². The van der Waals surface area contributed by atoms with Gasteiger partial charge in [-0.25, -0.2) is 4.98 Å². The van der Waals surface area contributed by atoms with Crippen molar-refractivity contribution in [3.05, 3.63) is 102 Å². The zero-order chi connectivity index (χ0) is 25.3. The number of nitrogens with one attached hydrogen (secondary N) is 3. The van der Waals surface area contributed by atoms with Crippen LogP contribution in [0.25, 0.3) is 28.1 Å². The molecule has 0 bridgehead atoms. The average Bonchev–Trinajstić information content (AvgIpc) is 2.94. The SMILES string of the molecule is NCCNCCNCC/N=c1/cc2n(-c3ccccc3)c3ccccc3nc-2cc1Nc1ccccc1. The molecule has 37 heavy (non-hydrogen) atoms. The smallest absolute Gasteiger partial charge is 0.0900 e. The van der Waals surface area contributed by atoms with E-state index in [0.29, 0.717) is 13.1 Å². The fourth-order valence-corrected chi connectivity index (χ4v) is 4.39. The number of aromatic nitrogens is 2. The normalized spacial score (nSPS) is 11.9. The summed E-state index contributed by atoms with van der Waals surface area (Å²) in [6.07, 6.45) is 0. The lowest BCUT2D eigenvalue weighted by molar-refractivity contribution is 0.617. The highest BCUT2D eigenvalue weighted by Crippen LogP contribution is 2.30. The topological polar surface area (TPSA) is 92.3 Å². The first kappa shape index (κ1) is 24.6. The van der Waals surface area contributed by atoms with Crippen molar-refractivity contribution in [3.8, 4) is 17.1 Å². The van der Waals surface area contributed by atoms with Crippen LogP contribution in [0.4, 0.5) is 11.4 Å². The minimum Gasteiger partial charge on any atom is -0.354 e. The molecule has 5 rings (SSSR count). The van der Waals surface area contributed by atoms with Crippen molar-refractivity contribution in [2.45, 2.75) is 0 Å². The van der Waals surface area contributed by atoms with Crippen molar-refractivity contribution >= 4 is 22.4 Å². The molecule has 7 heteroatoms. The summed E-state index contributed by atoms with van der Waals surface area (Å²) in [6, 6.07) is 33.1. The first-order chi connectivity index (χ1) is 18.3. The maximum absolute atomic E-state index is 5.53. The van der Waals surface area contributed by atoms with E-state index < -0.39 is 0 Å². The molecule has 0 saturated heterocycles. The number of nitrogens with zero attached hydrogens (tertiary/aromatic N) is 3. The predicted molar refractivity (Wildman–Crippen MR) is 153 cm³/mol. The molecule has 3 aromatic rings. The van der Waals surface area contributed by atoms with Crippen molar-refractivity contribution in [3.63, 3.8) is 0 Å². The average molecular weight is 492 g/mol. The first-order valence-corrected chi connectivity index (χ1v) is 12.8. The van der Waals surface area contributed by atoms with Crippen LogP contribution in [0.15, 0.2) is 102 Å². The largest absolute Gasteiger partial charge is 0.354 e. The number of nitrogens with two attached hydrogens (primary N) is 1. The minimum atomic E-state index is 0.654. The van der Waals surface area contributed by atoms with Gasteiger partial charge in [0.25, 0.3) is 0 Å². The monoisotopic (exact) mass is 491 g/mol. The Labute approximate surface area is 217 Å². The van der Waals surface area contributed by atoms with E-state index in [1.807, 2.05) is 30.3 Å². The van der Waals surface area contributed by atoms with Crippen LogP contribution >= 0.6 is 0 Å². The van der Waals surface area contributed by atoms with Crippen LogP contribution in [-0.2, 0) is 0 Å². The van der Waals surface area contributed by atoms with E-state index in [0.717, 1.165) is 71.0 Å². The quantitative estimate of drug-likeness (QED) is 0.166. The Hall–Kier alpha value is -4.04. The molecule has 0 aromatic heterocycles. The van der Waals surface area contributed by atoms with Crippen molar-refractivity contribution in [1.29, 1.82) is 0 Å². The molecule has 0 fully saturated rings. The van der Waals surface area contributed by atoms with Crippen LogP contribution in [-0.4, -0.2) is 48.8 Å². The zero-order valence-corrected chi connectivity index (χ0v) is 20.9. The number of benzene rings is 4. The van der Waals surface area contributed by atoms with Crippen LogP contribution in [0.5, 0.6) is 0 Å². The molecule has 0 atom stereocenters. The molecule has 1 aliphatic heterocycles. The third kappa shape index (κ3) is 6.03. The highest BCUT2D eigenvalue weighted by Gasteiger charge is 2.16. The molecule has 0 saturated carbocycles. The van der Waals surface area contributed by atoms with Gasteiger partial charge in [0.15, 0.2) is 0 Å². The molecule has 188 valence electrons. The van der Waals surface area contributed by atoms with Gasteiger partial charge in [0.05, 0.1) is 40.0 Å². The lowest BCUT2D eigenvalue weighted by Gasteiger charge is -2.20. The number of hydrogen-bond acceptors (Lipinski definition) is 6. The second kappa shape index (κ2) is 12.3. The molecule has 7 nitrogen and oxygen atoms in total. The molecular formula is C30H33N7. The molecule has 1 heterocycles. The van der Waals surface area contributed by atoms with Crippen LogP contribution < -0.4 is 27.0 Å². The summed E-state index contributed by atoms with van der Waals surface area (Å²) in [4.78, 5) is 10.0. The summed E-state index contributed by atoms with van der Waals surface area (Å²) in [5.41, 5.74) is 12.5. The Kier molecular flexibility index (Phi) is 8.18. The van der Waals surface area contributed by atoms with Gasteiger partial charge in [-0.05, 0) is 48.5 Å². The van der Waals surface area contributed by atoms with E-state index >= 15 is 0 Å². The van der Waals surface area contributed by atoms with E-state index in [1.54, 1.807) is 0 Å². The summed E-state index contributed by atoms with van der Waals surface area (Å²) in [5.74, 6) is 0. The second-order valence-corrected chi connectivity index (χ2v) is 8.79. The molecule has 2 aliphatic rings. The Balaban J connectivity index is 1.57. The minimum absolute atomic E-state index is 0.654. The van der Waals surface area contributed by atoms with E-state index in [2.05, 4.69) is 87.2 Å². The lowest BCUT2D eigenvalue weighted by Crippen LogP contribution is -2.31. The van der Waals surface area contributed by atoms with Gasteiger partial charge in [-0.1, -0.05) is 48.5 Å². The van der Waals surface area contributed by atoms with Crippen LogP contribution in [0.2, 0.25) is 0 Å². The van der Waals surface area contributed by atoms with Gasteiger partial charge in [-0.15, -0.1) is 0 Å². The van der Waals surface area contributed by atoms with Gasteiger partial charge in [0.2, 0.25) is 0 Å². The number of rotatable bonds is 11. The summed E-state index contributed by atoms with van der Waals surface area (Å²) in [5, 5.41) is 11.2. The third-order valence-electron chi connectivity index (χ3n) is 6.13. The van der Waals surface area contributed by atoms with Gasteiger partial charge < -0.3 is 26.3 Å². The Bertz CT molecular complexity index is 1460. The summed E-state index contributed by atoms with van der Waals surface area (Å²) < 4.78 is 2.27. The lowest BCUT2D eigenvalue weighted by atomic mass is 10.1. The van der Waals surface area contributed by atoms with Crippen LogP contribution in [0.3, 0.4) is 0 Å². The summed E-state index contributed by atoms with van der Waals surface area (Å²) in [6.45, 7) is 4.72. The molecule has 0 unspecified atom stereocenters. The van der Waals surface area contributed by atoms with Crippen LogP contribution in [0.1, 0.15) is 0 Å². The highest BCUT2D eigenvalue weighted by atomic mass is 15.0. The number of anilines is 2. The van der Waals surface area contributed by atoms with E-state index in [4.69, 9.17) is 15.7 Å². The van der Waals surface area contributed by atoms with Crippen molar-refractivity contribution in [2.75, 3.05) is 44.6 Å². The number of para-hydroxylation sites is 4. The maximum Gasteiger partial charge on any atom is 0.0900 e. The number of fused-ring (bicyclic) bond motifs is 2. The molecule has 0 amide bonds. The standard InChI is InChI=1S/C30H33N7/c31-15-16-32-17-18-33-19-20-34-26-22-30-28(21-27(26)35-23-9-3-1-4-10-23)36-25-13-7-8-14-29(25)37(30)24-11-5-2-6-12-24/h1-14,21-22,32-33,35H,15-20,31H2/b34-26-. The van der Waals surface area contributed by atoms with Gasteiger partial charge >= 0.3 is 0 Å². The fraction of sp³-hybridized carbons (Fsp3) is 0.200. The second-order valence-electron chi connectivity index (χ2n) is 8.79. The van der Waals surface area contributed by atoms with E-state index in [1.165, 1.54) is 0 Å². The van der Waals surface area contributed by atoms with E-state index in [9.17, 15) is 0 Å². The molecule has 5 N–H and O–H groups in total. The summed E-state index contributed by atoms with van der Waals surface area (Å²) in [7, 11) is 0. The van der Waals surface area contributed by atoms with Gasteiger partial charge in [0.1, 0.15) is 0 Å². The first-order valence-electron chi connectivity index (χ1n) is 12.8. The third-order valence-corrected chi connectivity index (χ3v) is 6.13. The number of hydrogen-bond donors (Lipinski definition) is 4. The van der Waals surface area contributed by atoms with Crippen molar-refractivity contribution < 1.29 is 0 Å². The molecule has 1 aliphatic carbocycles. The van der Waals surface area contributed by atoms with Gasteiger partial charge in [0, 0.05) is 44.1 Å².